The molecule has 2 nitrogen and oxygen atoms in total. The molecule has 17 heavy (non-hydrogen) atoms. The summed E-state index contributed by atoms with van der Waals surface area (Å²) in [5, 5.41) is 17.2. The predicted molar refractivity (Wildman–Crippen MR) is 77.5 cm³/mol. The molecule has 0 aliphatic rings. The van der Waals surface area contributed by atoms with E-state index in [1.807, 2.05) is 5.38 Å². The maximum atomic E-state index is 9.43. The molecular weight excluding hydrogens is 345 g/mol. The minimum absolute atomic E-state index is 0.0874. The topological polar surface area (TPSA) is 32.3 Å². The van der Waals surface area contributed by atoms with Crippen LogP contribution in [0.4, 0.5) is 5.69 Å². The fraction of sp³-hybridized carbons (Fsp3) is 0.0909. The van der Waals surface area contributed by atoms with Crippen LogP contribution in [0.15, 0.2) is 27.4 Å². The van der Waals surface area contributed by atoms with Crippen LogP contribution in [0.1, 0.15) is 5.56 Å². The van der Waals surface area contributed by atoms with E-state index in [2.05, 4.69) is 26.6 Å². The van der Waals surface area contributed by atoms with Gasteiger partial charge in [-0.3, -0.25) is 0 Å². The van der Waals surface area contributed by atoms with Crippen LogP contribution in [-0.4, -0.2) is 5.11 Å². The number of rotatable bonds is 3. The highest BCUT2D eigenvalue weighted by Gasteiger charge is 2.07. The molecule has 2 rings (SSSR count). The Hall–Kier alpha value is -0.420. The standard InChI is InChI=1S/C11H8BrCl2NOS/c12-8-5-17-4-6(8)3-15-7-1-9(13)11(16)10(14)2-7/h1-2,4-5,15-16H,3H2. The SMILES string of the molecule is Oc1c(Cl)cc(NCc2cscc2Br)cc1Cl. The van der Waals surface area contributed by atoms with E-state index in [9.17, 15) is 5.11 Å². The van der Waals surface area contributed by atoms with E-state index < -0.39 is 0 Å². The molecule has 0 fully saturated rings. The van der Waals surface area contributed by atoms with Crippen molar-refractivity contribution >= 4 is 56.2 Å². The van der Waals surface area contributed by atoms with Gasteiger partial charge in [-0.05, 0) is 39.0 Å². The fourth-order valence-electron chi connectivity index (χ4n) is 1.30. The van der Waals surface area contributed by atoms with E-state index in [0.717, 1.165) is 15.7 Å². The van der Waals surface area contributed by atoms with Crippen LogP contribution < -0.4 is 5.32 Å². The number of phenolic OH excluding ortho intramolecular Hbond substituents is 1. The van der Waals surface area contributed by atoms with Crippen LogP contribution in [0.5, 0.6) is 5.75 Å². The van der Waals surface area contributed by atoms with E-state index in [1.54, 1.807) is 23.5 Å². The number of thiophene rings is 1. The molecule has 0 atom stereocenters. The zero-order chi connectivity index (χ0) is 12.4. The second kappa shape index (κ2) is 5.48. The Morgan fingerprint density at radius 3 is 2.41 bits per heavy atom. The highest BCUT2D eigenvalue weighted by Crippen LogP contribution is 2.35. The van der Waals surface area contributed by atoms with E-state index in [1.165, 1.54) is 0 Å². The number of halogens is 3. The summed E-state index contributed by atoms with van der Waals surface area (Å²) in [7, 11) is 0. The van der Waals surface area contributed by atoms with E-state index in [4.69, 9.17) is 23.2 Å². The molecule has 2 aromatic rings. The summed E-state index contributed by atoms with van der Waals surface area (Å²) in [4.78, 5) is 0. The first-order chi connectivity index (χ1) is 8.08. The van der Waals surface area contributed by atoms with Crippen molar-refractivity contribution in [2.24, 2.45) is 0 Å². The molecular formula is C11H8BrCl2NOS. The van der Waals surface area contributed by atoms with Crippen molar-refractivity contribution < 1.29 is 5.11 Å². The molecule has 0 saturated carbocycles. The average molecular weight is 353 g/mol. The van der Waals surface area contributed by atoms with Crippen molar-refractivity contribution in [1.29, 1.82) is 0 Å². The van der Waals surface area contributed by atoms with Gasteiger partial charge in [-0.1, -0.05) is 23.2 Å². The Morgan fingerprint density at radius 2 is 1.88 bits per heavy atom. The maximum Gasteiger partial charge on any atom is 0.152 e. The van der Waals surface area contributed by atoms with Crippen LogP contribution in [0.25, 0.3) is 0 Å². The van der Waals surface area contributed by atoms with Gasteiger partial charge in [0.2, 0.25) is 0 Å². The van der Waals surface area contributed by atoms with Crippen LogP contribution in [0.2, 0.25) is 10.0 Å². The van der Waals surface area contributed by atoms with Crippen molar-refractivity contribution in [3.05, 3.63) is 43.0 Å². The number of aromatic hydroxyl groups is 1. The molecule has 1 heterocycles. The Bertz CT molecular complexity index is 521. The minimum atomic E-state index is -0.0874. The highest BCUT2D eigenvalue weighted by molar-refractivity contribution is 9.10. The van der Waals surface area contributed by atoms with Gasteiger partial charge in [0, 0.05) is 22.1 Å². The van der Waals surface area contributed by atoms with Crippen molar-refractivity contribution in [3.63, 3.8) is 0 Å². The average Bonchev–Trinajstić information content (AvgIpc) is 2.69. The minimum Gasteiger partial charge on any atom is -0.505 e. The first kappa shape index (κ1) is 13.0. The van der Waals surface area contributed by atoms with Gasteiger partial charge in [0.1, 0.15) is 0 Å². The molecule has 0 radical (unpaired) electrons. The fourth-order valence-corrected chi connectivity index (χ4v) is 3.23. The molecule has 6 heteroatoms. The lowest BCUT2D eigenvalue weighted by molar-refractivity contribution is 0.476. The Morgan fingerprint density at radius 1 is 1.24 bits per heavy atom. The largest absolute Gasteiger partial charge is 0.505 e. The molecule has 0 unspecified atom stereocenters. The van der Waals surface area contributed by atoms with Gasteiger partial charge in [0.15, 0.2) is 5.75 Å². The number of hydrogen-bond donors (Lipinski definition) is 2. The van der Waals surface area contributed by atoms with Gasteiger partial charge in [0.05, 0.1) is 10.0 Å². The monoisotopic (exact) mass is 351 g/mol. The summed E-state index contributed by atoms with van der Waals surface area (Å²) in [6.45, 7) is 0.668. The van der Waals surface area contributed by atoms with Gasteiger partial charge in [-0.25, -0.2) is 0 Å². The smallest absolute Gasteiger partial charge is 0.152 e. The second-order valence-corrected chi connectivity index (χ2v) is 5.80. The number of anilines is 1. The molecule has 0 saturated heterocycles. The van der Waals surface area contributed by atoms with E-state index in [-0.39, 0.29) is 15.8 Å². The lowest BCUT2D eigenvalue weighted by atomic mass is 10.2. The van der Waals surface area contributed by atoms with E-state index >= 15 is 0 Å². The van der Waals surface area contributed by atoms with Gasteiger partial charge < -0.3 is 10.4 Å². The Labute approximate surface area is 121 Å². The van der Waals surface area contributed by atoms with Crippen LogP contribution in [0.3, 0.4) is 0 Å². The predicted octanol–water partition coefficient (Wildman–Crippen LogP) is 5.14. The normalized spacial score (nSPS) is 10.5. The van der Waals surface area contributed by atoms with Crippen LogP contribution >= 0.6 is 50.5 Å². The number of nitrogens with one attached hydrogen (secondary N) is 1. The molecule has 1 aromatic heterocycles. The molecule has 0 spiro atoms. The van der Waals surface area contributed by atoms with Gasteiger partial charge in [0.25, 0.3) is 0 Å². The van der Waals surface area contributed by atoms with Crippen LogP contribution in [0, 0.1) is 0 Å². The second-order valence-electron chi connectivity index (χ2n) is 3.39. The first-order valence-electron chi connectivity index (χ1n) is 4.70. The van der Waals surface area contributed by atoms with Gasteiger partial charge in [-0.2, -0.15) is 11.3 Å². The molecule has 1 aromatic carbocycles. The highest BCUT2D eigenvalue weighted by atomic mass is 79.9. The van der Waals surface area contributed by atoms with E-state index in [0.29, 0.717) is 6.54 Å². The third kappa shape index (κ3) is 3.07. The zero-order valence-electron chi connectivity index (χ0n) is 8.51. The van der Waals surface area contributed by atoms with Crippen molar-refractivity contribution in [1.82, 2.24) is 0 Å². The van der Waals surface area contributed by atoms with Crippen molar-refractivity contribution in [3.8, 4) is 5.75 Å². The summed E-state index contributed by atoms with van der Waals surface area (Å²) in [5.74, 6) is -0.0874. The first-order valence-corrected chi connectivity index (χ1v) is 7.19. The Kier molecular flexibility index (Phi) is 4.20. The molecule has 2 N–H and O–H groups in total. The van der Waals surface area contributed by atoms with Gasteiger partial charge >= 0.3 is 0 Å². The number of phenols is 1. The van der Waals surface area contributed by atoms with Crippen LogP contribution in [-0.2, 0) is 6.54 Å². The number of hydrogen-bond acceptors (Lipinski definition) is 3. The lowest BCUT2D eigenvalue weighted by Crippen LogP contribution is -1.98. The summed E-state index contributed by atoms with van der Waals surface area (Å²) in [5.41, 5.74) is 1.94. The molecule has 0 aliphatic heterocycles. The maximum absolute atomic E-state index is 9.43. The quantitative estimate of drug-likeness (QED) is 0.750. The lowest BCUT2D eigenvalue weighted by Gasteiger charge is -2.08. The summed E-state index contributed by atoms with van der Waals surface area (Å²) in [6.07, 6.45) is 0. The molecule has 90 valence electrons. The summed E-state index contributed by atoms with van der Waals surface area (Å²) >= 11 is 16.7. The number of benzene rings is 1. The molecule has 0 aliphatic carbocycles. The van der Waals surface area contributed by atoms with Gasteiger partial charge in [-0.15, -0.1) is 0 Å². The van der Waals surface area contributed by atoms with Crippen molar-refractivity contribution in [2.75, 3.05) is 5.32 Å². The zero-order valence-corrected chi connectivity index (χ0v) is 12.4. The van der Waals surface area contributed by atoms with Crippen molar-refractivity contribution in [2.45, 2.75) is 6.54 Å². The summed E-state index contributed by atoms with van der Waals surface area (Å²) < 4.78 is 1.07. The summed E-state index contributed by atoms with van der Waals surface area (Å²) in [6, 6.07) is 3.28. The third-order valence-corrected chi connectivity index (χ3v) is 4.60. The third-order valence-electron chi connectivity index (χ3n) is 2.19. The molecule has 0 bridgehead atoms. The Balaban J connectivity index is 2.12. The molecule has 0 amide bonds.